The maximum absolute atomic E-state index is 12.8. The Morgan fingerprint density at radius 2 is 1.79 bits per heavy atom. The fourth-order valence-electron chi connectivity index (χ4n) is 3.09. The molecule has 0 heterocycles. The number of rotatable bonds is 8. The van der Waals surface area contributed by atoms with Crippen molar-refractivity contribution in [1.82, 2.24) is 5.32 Å². The van der Waals surface area contributed by atoms with Gasteiger partial charge in [-0.05, 0) is 48.6 Å². The summed E-state index contributed by atoms with van der Waals surface area (Å²) in [6, 6.07) is 14.4. The van der Waals surface area contributed by atoms with Gasteiger partial charge < -0.3 is 5.32 Å². The molecule has 0 radical (unpaired) electrons. The van der Waals surface area contributed by atoms with E-state index in [1.54, 1.807) is 25.1 Å². The van der Waals surface area contributed by atoms with Gasteiger partial charge in [0.25, 0.3) is 0 Å². The molecule has 0 fully saturated rings. The lowest BCUT2D eigenvalue weighted by Gasteiger charge is -2.26. The number of hydrogen-bond acceptors (Lipinski definition) is 3. The van der Waals surface area contributed by atoms with Crippen molar-refractivity contribution >= 4 is 33.2 Å². The number of carbonyl (C=O) groups is 1. The van der Waals surface area contributed by atoms with Gasteiger partial charge in [-0.25, -0.2) is 8.42 Å². The number of halogens is 1. The molecule has 0 spiro atoms. The summed E-state index contributed by atoms with van der Waals surface area (Å²) in [5, 5.41) is 3.51. The van der Waals surface area contributed by atoms with E-state index in [2.05, 4.69) is 19.2 Å². The first kappa shape index (κ1) is 22.2. The predicted octanol–water partition coefficient (Wildman–Crippen LogP) is 4.32. The fraction of sp³-hybridized carbons (Fsp3) is 0.381. The zero-order valence-electron chi connectivity index (χ0n) is 16.6. The van der Waals surface area contributed by atoms with Crippen molar-refractivity contribution in [2.45, 2.75) is 33.2 Å². The lowest BCUT2D eigenvalue weighted by molar-refractivity contribution is -0.120. The summed E-state index contributed by atoms with van der Waals surface area (Å²) >= 11 is 5.98. The van der Waals surface area contributed by atoms with E-state index in [0.29, 0.717) is 22.2 Å². The average molecular weight is 423 g/mol. The van der Waals surface area contributed by atoms with Crippen LogP contribution in [0.1, 0.15) is 37.4 Å². The molecule has 1 N–H and O–H groups in total. The summed E-state index contributed by atoms with van der Waals surface area (Å²) in [5.41, 5.74) is 2.13. The normalized spacial score (nSPS) is 12.6. The summed E-state index contributed by atoms with van der Waals surface area (Å²) in [6.45, 7) is 5.65. The molecule has 152 valence electrons. The minimum Gasteiger partial charge on any atom is -0.348 e. The highest BCUT2D eigenvalue weighted by Gasteiger charge is 2.24. The van der Waals surface area contributed by atoms with Gasteiger partial charge in [-0.3, -0.25) is 9.10 Å². The molecule has 0 aliphatic carbocycles. The van der Waals surface area contributed by atoms with Gasteiger partial charge in [0.2, 0.25) is 15.9 Å². The van der Waals surface area contributed by atoms with Crippen LogP contribution in [0.4, 0.5) is 5.69 Å². The molecule has 0 aliphatic heterocycles. The molecule has 28 heavy (non-hydrogen) atoms. The molecule has 5 nitrogen and oxygen atoms in total. The molecule has 0 aliphatic rings. The molecule has 7 heteroatoms. The van der Waals surface area contributed by atoms with Crippen molar-refractivity contribution in [2.75, 3.05) is 17.1 Å². The first-order valence-electron chi connectivity index (χ1n) is 9.16. The Morgan fingerprint density at radius 3 is 2.32 bits per heavy atom. The number of benzene rings is 2. The van der Waals surface area contributed by atoms with Crippen molar-refractivity contribution in [2.24, 2.45) is 5.92 Å². The van der Waals surface area contributed by atoms with Gasteiger partial charge in [-0.1, -0.05) is 55.8 Å². The summed E-state index contributed by atoms with van der Waals surface area (Å²) in [5.74, 6) is 0.0179. The van der Waals surface area contributed by atoms with Crippen LogP contribution in [0, 0.1) is 12.8 Å². The number of carbonyl (C=O) groups excluding carboxylic acids is 1. The van der Waals surface area contributed by atoms with E-state index in [9.17, 15) is 13.2 Å². The molecule has 1 atom stereocenters. The van der Waals surface area contributed by atoms with Crippen molar-refractivity contribution in [3.05, 3.63) is 64.7 Å². The van der Waals surface area contributed by atoms with E-state index in [4.69, 9.17) is 11.6 Å². The van der Waals surface area contributed by atoms with Crippen LogP contribution in [0.5, 0.6) is 0 Å². The minimum atomic E-state index is -3.64. The summed E-state index contributed by atoms with van der Waals surface area (Å²) in [6.07, 6.45) is 1.85. The largest absolute Gasteiger partial charge is 0.348 e. The highest BCUT2D eigenvalue weighted by molar-refractivity contribution is 7.92. The third kappa shape index (κ3) is 6.24. The van der Waals surface area contributed by atoms with Gasteiger partial charge in [-0.2, -0.15) is 0 Å². The molecule has 0 aromatic heterocycles. The smallest absolute Gasteiger partial charge is 0.241 e. The van der Waals surface area contributed by atoms with E-state index in [0.717, 1.165) is 22.5 Å². The van der Waals surface area contributed by atoms with Crippen molar-refractivity contribution in [3.63, 3.8) is 0 Å². The van der Waals surface area contributed by atoms with Crippen LogP contribution in [-0.2, 0) is 14.8 Å². The Balaban J connectivity index is 2.25. The van der Waals surface area contributed by atoms with Crippen LogP contribution in [0.15, 0.2) is 48.5 Å². The lowest BCUT2D eigenvalue weighted by atomic mass is 9.97. The number of amides is 1. The zero-order valence-corrected chi connectivity index (χ0v) is 18.2. The Hall–Kier alpha value is -2.05. The van der Waals surface area contributed by atoms with E-state index in [-0.39, 0.29) is 18.5 Å². The molecular formula is C21H27ClN2O3S. The van der Waals surface area contributed by atoms with Crippen LogP contribution in [0.2, 0.25) is 5.02 Å². The van der Waals surface area contributed by atoms with E-state index in [1.165, 1.54) is 0 Å². The van der Waals surface area contributed by atoms with Gasteiger partial charge in [-0.15, -0.1) is 0 Å². The van der Waals surface area contributed by atoms with E-state index < -0.39 is 10.0 Å². The second-order valence-electron chi connectivity index (χ2n) is 7.36. The molecule has 2 aromatic rings. The minimum absolute atomic E-state index is 0.179. The molecular weight excluding hydrogens is 396 g/mol. The third-order valence-corrected chi connectivity index (χ3v) is 5.72. The molecule has 2 aromatic carbocycles. The number of nitrogens with one attached hydrogen (secondary N) is 1. The molecule has 0 saturated heterocycles. The SMILES string of the molecule is Cc1cc(Cl)ccc1N(CC(=O)N[C@H](CC(C)C)c1ccccc1)S(C)(=O)=O. The second-order valence-corrected chi connectivity index (χ2v) is 9.70. The van der Waals surface area contributed by atoms with Gasteiger partial charge in [0.15, 0.2) is 0 Å². The monoisotopic (exact) mass is 422 g/mol. The fourth-order valence-corrected chi connectivity index (χ4v) is 4.23. The number of nitrogens with zero attached hydrogens (tertiary/aromatic N) is 1. The van der Waals surface area contributed by atoms with Crippen molar-refractivity contribution in [1.29, 1.82) is 0 Å². The number of anilines is 1. The molecule has 0 unspecified atom stereocenters. The van der Waals surface area contributed by atoms with Crippen molar-refractivity contribution < 1.29 is 13.2 Å². The molecule has 2 rings (SSSR count). The summed E-state index contributed by atoms with van der Waals surface area (Å²) in [7, 11) is -3.64. The maximum atomic E-state index is 12.8. The Labute approximate surface area is 172 Å². The second kappa shape index (κ2) is 9.43. The highest BCUT2D eigenvalue weighted by Crippen LogP contribution is 2.26. The standard InChI is InChI=1S/C21H27ClN2O3S/c1-15(2)12-19(17-8-6-5-7-9-17)23-21(25)14-24(28(4,26)27)20-11-10-18(22)13-16(20)3/h5-11,13,15,19H,12,14H2,1-4H3,(H,23,25)/t19-/m1/s1. The Bertz CT molecular complexity index is 915. The predicted molar refractivity (Wildman–Crippen MR) is 115 cm³/mol. The van der Waals surface area contributed by atoms with Gasteiger partial charge >= 0.3 is 0 Å². The van der Waals surface area contributed by atoms with Crippen LogP contribution >= 0.6 is 11.6 Å². The van der Waals surface area contributed by atoms with Crippen LogP contribution in [-0.4, -0.2) is 27.1 Å². The van der Waals surface area contributed by atoms with Crippen LogP contribution in [0.25, 0.3) is 0 Å². The first-order valence-corrected chi connectivity index (χ1v) is 11.4. The Kier molecular flexibility index (Phi) is 7.49. The zero-order chi connectivity index (χ0) is 20.9. The number of aryl methyl sites for hydroxylation is 1. The first-order chi connectivity index (χ1) is 13.1. The van der Waals surface area contributed by atoms with E-state index in [1.807, 2.05) is 30.3 Å². The van der Waals surface area contributed by atoms with Crippen molar-refractivity contribution in [3.8, 4) is 0 Å². The topological polar surface area (TPSA) is 66.5 Å². The number of hydrogen-bond donors (Lipinski definition) is 1. The van der Waals surface area contributed by atoms with Crippen LogP contribution in [0.3, 0.4) is 0 Å². The summed E-state index contributed by atoms with van der Waals surface area (Å²) < 4.78 is 25.8. The van der Waals surface area contributed by atoms with E-state index >= 15 is 0 Å². The van der Waals surface area contributed by atoms with Crippen LogP contribution < -0.4 is 9.62 Å². The third-order valence-electron chi connectivity index (χ3n) is 4.36. The quantitative estimate of drug-likeness (QED) is 0.688. The maximum Gasteiger partial charge on any atom is 0.241 e. The molecule has 0 saturated carbocycles. The highest BCUT2D eigenvalue weighted by atomic mass is 35.5. The number of sulfonamides is 1. The van der Waals surface area contributed by atoms with Gasteiger partial charge in [0.05, 0.1) is 18.0 Å². The van der Waals surface area contributed by atoms with Gasteiger partial charge in [0.1, 0.15) is 6.54 Å². The Morgan fingerprint density at radius 1 is 1.14 bits per heavy atom. The lowest BCUT2D eigenvalue weighted by Crippen LogP contribution is -2.42. The summed E-state index contributed by atoms with van der Waals surface area (Å²) in [4.78, 5) is 12.8. The van der Waals surface area contributed by atoms with Gasteiger partial charge in [0, 0.05) is 5.02 Å². The molecule has 1 amide bonds. The molecule has 0 bridgehead atoms. The average Bonchev–Trinajstić information content (AvgIpc) is 2.59.